The predicted molar refractivity (Wildman–Crippen MR) is 138 cm³/mol. The van der Waals surface area contributed by atoms with E-state index in [1.54, 1.807) is 0 Å². The van der Waals surface area contributed by atoms with Gasteiger partial charge in [0.1, 0.15) is 12.1 Å². The maximum absolute atomic E-state index is 13.1. The zero-order valence-electron chi connectivity index (χ0n) is 21.7. The molecule has 0 saturated carbocycles. The summed E-state index contributed by atoms with van der Waals surface area (Å²) < 4.78 is 10.6. The fourth-order valence-corrected chi connectivity index (χ4v) is 3.97. The molecule has 0 aliphatic carbocycles. The normalized spacial score (nSPS) is 15.5. The van der Waals surface area contributed by atoms with Crippen molar-refractivity contribution >= 4 is 18.2 Å². The number of hydrogen-bond acceptors (Lipinski definition) is 8. The third-order valence-electron chi connectivity index (χ3n) is 6.06. The molecule has 1 saturated heterocycles. The van der Waals surface area contributed by atoms with E-state index in [-0.39, 0.29) is 45.0 Å². The van der Waals surface area contributed by atoms with Crippen molar-refractivity contribution in [2.24, 2.45) is 5.92 Å². The van der Waals surface area contributed by atoms with Gasteiger partial charge in [0, 0.05) is 19.6 Å². The summed E-state index contributed by atoms with van der Waals surface area (Å²) in [6, 6.07) is 20.8. The second-order valence-electron chi connectivity index (χ2n) is 9.59. The van der Waals surface area contributed by atoms with Crippen LogP contribution in [-0.2, 0) is 32.3 Å². The first-order chi connectivity index (χ1) is 18.3. The van der Waals surface area contributed by atoms with Crippen LogP contribution in [0.15, 0.2) is 60.7 Å². The lowest BCUT2D eigenvalue weighted by Crippen LogP contribution is -2.57. The molecule has 2 aromatic carbocycles. The largest absolute Gasteiger partial charge is 0.528 e. The minimum Gasteiger partial charge on any atom is -0.436 e. The first kappa shape index (κ1) is 28.5. The molecule has 3 rings (SSSR count). The molecule has 0 radical (unpaired) electrons. The van der Waals surface area contributed by atoms with E-state index in [0.717, 1.165) is 11.1 Å². The smallest absolute Gasteiger partial charge is 0.436 e. The quantitative estimate of drug-likeness (QED) is 0.447. The maximum atomic E-state index is 13.1. The molecule has 1 aliphatic heterocycles. The van der Waals surface area contributed by atoms with Gasteiger partial charge in [-0.1, -0.05) is 74.5 Å². The lowest BCUT2D eigenvalue weighted by molar-refractivity contribution is -0.149. The van der Waals surface area contributed by atoms with Gasteiger partial charge in [0.15, 0.2) is 6.10 Å². The molecule has 2 N–H and O–H groups in total. The fourth-order valence-electron chi connectivity index (χ4n) is 3.97. The third-order valence-corrected chi connectivity index (χ3v) is 6.06. The first-order valence-corrected chi connectivity index (χ1v) is 12.6. The molecule has 0 bridgehead atoms. The topological polar surface area (TPSA) is 130 Å². The highest BCUT2D eigenvalue weighted by molar-refractivity contribution is 5.84. The number of nitrogens with zero attached hydrogens (tertiary/aromatic N) is 2. The van der Waals surface area contributed by atoms with Crippen molar-refractivity contribution in [2.75, 3.05) is 13.1 Å². The summed E-state index contributed by atoms with van der Waals surface area (Å²) in [4.78, 5) is 42.8. The molecule has 0 aromatic heterocycles. The van der Waals surface area contributed by atoms with E-state index in [4.69, 9.17) is 14.3 Å². The lowest BCUT2D eigenvalue weighted by atomic mass is 9.89. The van der Waals surface area contributed by atoms with Crippen molar-refractivity contribution < 1.29 is 28.7 Å². The van der Waals surface area contributed by atoms with E-state index < -0.39 is 29.8 Å². The van der Waals surface area contributed by atoms with Gasteiger partial charge >= 0.3 is 12.2 Å². The highest BCUT2D eigenvalue weighted by atomic mass is 16.8. The van der Waals surface area contributed by atoms with Crippen molar-refractivity contribution in [1.29, 1.82) is 5.26 Å². The number of carbonyl (C=O) groups is 3. The number of ether oxygens (including phenoxy) is 2. The van der Waals surface area contributed by atoms with Crippen LogP contribution in [0.2, 0.25) is 0 Å². The molecule has 202 valence electrons. The SMILES string of the molecule is CC(C)CC(OC(=O)NCc1ccccc1)C(=O)NC1(C#N)CCN(OC(=O)OCc2ccccc2)CC1. The monoisotopic (exact) mass is 522 g/mol. The van der Waals surface area contributed by atoms with Crippen LogP contribution in [0.25, 0.3) is 0 Å². The van der Waals surface area contributed by atoms with E-state index in [1.807, 2.05) is 74.5 Å². The Bertz CT molecular complexity index is 1100. The van der Waals surface area contributed by atoms with E-state index in [1.165, 1.54) is 5.06 Å². The van der Waals surface area contributed by atoms with Gasteiger partial charge in [0.05, 0.1) is 6.07 Å². The Morgan fingerprint density at radius 1 is 1.00 bits per heavy atom. The van der Waals surface area contributed by atoms with Crippen LogP contribution in [-0.4, -0.2) is 48.0 Å². The van der Waals surface area contributed by atoms with Gasteiger partial charge in [-0.3, -0.25) is 4.79 Å². The highest BCUT2D eigenvalue weighted by Gasteiger charge is 2.39. The van der Waals surface area contributed by atoms with Crippen molar-refractivity contribution in [3.05, 3.63) is 71.8 Å². The van der Waals surface area contributed by atoms with Gasteiger partial charge in [0.2, 0.25) is 0 Å². The van der Waals surface area contributed by atoms with Crippen LogP contribution < -0.4 is 10.6 Å². The van der Waals surface area contributed by atoms with Gasteiger partial charge in [-0.05, 0) is 36.3 Å². The third kappa shape index (κ3) is 9.09. The van der Waals surface area contributed by atoms with E-state index in [9.17, 15) is 19.6 Å². The zero-order chi connectivity index (χ0) is 27.4. The van der Waals surface area contributed by atoms with Crippen LogP contribution in [0.5, 0.6) is 0 Å². The summed E-state index contributed by atoms with van der Waals surface area (Å²) in [7, 11) is 0. The second kappa shape index (κ2) is 14.0. The Morgan fingerprint density at radius 3 is 2.18 bits per heavy atom. The fraction of sp³-hybridized carbons (Fsp3) is 0.429. The summed E-state index contributed by atoms with van der Waals surface area (Å²) in [5.41, 5.74) is 0.557. The summed E-state index contributed by atoms with van der Waals surface area (Å²) in [6.45, 7) is 4.63. The van der Waals surface area contributed by atoms with Crippen molar-refractivity contribution in [3.63, 3.8) is 0 Å². The van der Waals surface area contributed by atoms with Crippen molar-refractivity contribution in [2.45, 2.75) is 57.9 Å². The number of nitriles is 1. The summed E-state index contributed by atoms with van der Waals surface area (Å²) in [5, 5.41) is 16.7. The number of benzene rings is 2. The van der Waals surface area contributed by atoms with Gasteiger partial charge in [-0.15, -0.1) is 5.06 Å². The minimum absolute atomic E-state index is 0.0721. The highest BCUT2D eigenvalue weighted by Crippen LogP contribution is 2.23. The Hall–Kier alpha value is -4.10. The number of piperidine rings is 1. The molecule has 1 heterocycles. The average Bonchev–Trinajstić information content (AvgIpc) is 2.92. The first-order valence-electron chi connectivity index (χ1n) is 12.6. The van der Waals surface area contributed by atoms with Gasteiger partial charge in [-0.2, -0.15) is 5.26 Å². The summed E-state index contributed by atoms with van der Waals surface area (Å²) in [6.07, 6.45) is -1.87. The number of hydroxylamine groups is 2. The molecule has 1 aliphatic rings. The molecule has 10 heteroatoms. The number of carbonyl (C=O) groups excluding carboxylic acids is 3. The number of rotatable bonds is 10. The molecular weight excluding hydrogens is 488 g/mol. The molecule has 1 atom stereocenters. The van der Waals surface area contributed by atoms with Crippen LogP contribution >= 0.6 is 0 Å². The molecule has 1 fully saturated rings. The molecular formula is C28H34N4O6. The minimum atomic E-state index is -1.18. The van der Waals surface area contributed by atoms with Crippen LogP contribution in [0.3, 0.4) is 0 Å². The Balaban J connectivity index is 1.49. The van der Waals surface area contributed by atoms with E-state index >= 15 is 0 Å². The molecule has 0 spiro atoms. The molecule has 2 amide bonds. The Morgan fingerprint density at radius 2 is 1.61 bits per heavy atom. The van der Waals surface area contributed by atoms with Crippen molar-refractivity contribution in [1.82, 2.24) is 15.7 Å². The number of amides is 2. The standard InChI is InChI=1S/C28H34N4O6/c1-21(2)17-24(37-26(34)30-18-22-9-5-3-6-10-22)25(33)31-28(20-29)13-15-32(16-14-28)38-27(35)36-19-23-11-7-4-8-12-23/h3-12,21,24H,13-19H2,1-2H3,(H,30,34)(H,31,33). The van der Waals surface area contributed by atoms with Gasteiger partial charge < -0.3 is 24.9 Å². The van der Waals surface area contributed by atoms with E-state index in [0.29, 0.717) is 6.42 Å². The molecule has 38 heavy (non-hydrogen) atoms. The summed E-state index contributed by atoms with van der Waals surface area (Å²) in [5.74, 6) is -0.463. The average molecular weight is 523 g/mol. The number of nitrogens with one attached hydrogen (secondary N) is 2. The lowest BCUT2D eigenvalue weighted by Gasteiger charge is -2.37. The molecule has 10 nitrogen and oxygen atoms in total. The predicted octanol–water partition coefficient (Wildman–Crippen LogP) is 4.07. The van der Waals surface area contributed by atoms with Crippen LogP contribution in [0, 0.1) is 17.2 Å². The summed E-state index contributed by atoms with van der Waals surface area (Å²) >= 11 is 0. The zero-order valence-corrected chi connectivity index (χ0v) is 21.7. The van der Waals surface area contributed by atoms with Gasteiger partial charge in [0.25, 0.3) is 5.91 Å². The molecule has 1 unspecified atom stereocenters. The molecule has 2 aromatic rings. The second-order valence-corrected chi connectivity index (χ2v) is 9.59. The number of hydrogen-bond donors (Lipinski definition) is 2. The Labute approximate surface area is 222 Å². The van der Waals surface area contributed by atoms with Gasteiger partial charge in [-0.25, -0.2) is 9.59 Å². The van der Waals surface area contributed by atoms with Crippen LogP contribution in [0.1, 0.15) is 44.2 Å². The van der Waals surface area contributed by atoms with Crippen molar-refractivity contribution in [3.8, 4) is 6.07 Å². The number of alkyl carbamates (subject to hydrolysis) is 1. The maximum Gasteiger partial charge on any atom is 0.528 e. The Kier molecular flexibility index (Phi) is 10.5. The van der Waals surface area contributed by atoms with Crippen LogP contribution in [0.4, 0.5) is 9.59 Å². The van der Waals surface area contributed by atoms with E-state index in [2.05, 4.69) is 16.7 Å².